The highest BCUT2D eigenvalue weighted by molar-refractivity contribution is 6.30. The van der Waals surface area contributed by atoms with Gasteiger partial charge in [0.2, 0.25) is 0 Å². The minimum absolute atomic E-state index is 0.184. The molecule has 0 radical (unpaired) electrons. The molecule has 0 aliphatic rings. The number of benzene rings is 1. The number of anilines is 2. The van der Waals surface area contributed by atoms with Crippen LogP contribution < -0.4 is 16.6 Å². The van der Waals surface area contributed by atoms with Crippen LogP contribution in [0, 0.1) is 0 Å². The van der Waals surface area contributed by atoms with Crippen LogP contribution in [0.5, 0.6) is 0 Å². The van der Waals surface area contributed by atoms with Crippen molar-refractivity contribution >= 4 is 29.0 Å². The fourth-order valence-corrected chi connectivity index (χ4v) is 2.02. The molecule has 1 amide bonds. The molecule has 0 atom stereocenters. The van der Waals surface area contributed by atoms with Crippen LogP contribution in [0.3, 0.4) is 0 Å². The van der Waals surface area contributed by atoms with Crippen molar-refractivity contribution in [1.29, 1.82) is 0 Å². The molecular formula is C14H15ClN4O2. The van der Waals surface area contributed by atoms with Crippen LogP contribution in [0.2, 0.25) is 5.15 Å². The maximum Gasteiger partial charge on any atom is 0.255 e. The monoisotopic (exact) mass is 306 g/mol. The van der Waals surface area contributed by atoms with Gasteiger partial charge in [-0.2, -0.15) is 0 Å². The Morgan fingerprint density at radius 3 is 2.90 bits per heavy atom. The van der Waals surface area contributed by atoms with Gasteiger partial charge in [-0.25, -0.2) is 10.8 Å². The van der Waals surface area contributed by atoms with Crippen LogP contribution in [0.1, 0.15) is 15.9 Å². The summed E-state index contributed by atoms with van der Waals surface area (Å²) in [5.41, 5.74) is 4.36. The van der Waals surface area contributed by atoms with Crippen LogP contribution in [-0.2, 0) is 11.3 Å². The summed E-state index contributed by atoms with van der Waals surface area (Å²) in [4.78, 5) is 16.1. The summed E-state index contributed by atoms with van der Waals surface area (Å²) in [7, 11) is 1.62. The second-order valence-electron chi connectivity index (χ2n) is 4.30. The number of aromatic nitrogens is 1. The Morgan fingerprint density at radius 2 is 2.19 bits per heavy atom. The number of amides is 1. The maximum atomic E-state index is 12.2. The van der Waals surface area contributed by atoms with Gasteiger partial charge in [0.25, 0.3) is 5.91 Å². The first kappa shape index (κ1) is 15.2. The van der Waals surface area contributed by atoms with Gasteiger partial charge in [0, 0.05) is 18.4 Å². The van der Waals surface area contributed by atoms with Gasteiger partial charge in [-0.05, 0) is 29.8 Å². The third kappa shape index (κ3) is 4.16. The van der Waals surface area contributed by atoms with E-state index in [1.54, 1.807) is 13.2 Å². The van der Waals surface area contributed by atoms with Crippen molar-refractivity contribution < 1.29 is 9.53 Å². The van der Waals surface area contributed by atoms with Gasteiger partial charge in [-0.15, -0.1) is 0 Å². The molecule has 110 valence electrons. The van der Waals surface area contributed by atoms with Crippen LogP contribution in [0.25, 0.3) is 0 Å². The molecule has 21 heavy (non-hydrogen) atoms. The van der Waals surface area contributed by atoms with E-state index in [0.29, 0.717) is 23.7 Å². The van der Waals surface area contributed by atoms with Crippen molar-refractivity contribution in [2.24, 2.45) is 5.84 Å². The summed E-state index contributed by atoms with van der Waals surface area (Å²) in [6.45, 7) is 0.478. The van der Waals surface area contributed by atoms with Gasteiger partial charge in [0.15, 0.2) is 0 Å². The summed E-state index contributed by atoms with van der Waals surface area (Å²) < 4.78 is 5.06. The number of hydrogen-bond acceptors (Lipinski definition) is 5. The minimum atomic E-state index is -0.301. The average Bonchev–Trinajstić information content (AvgIpc) is 2.47. The van der Waals surface area contributed by atoms with Gasteiger partial charge in [-0.1, -0.05) is 23.7 Å². The fraction of sp³-hybridized carbons (Fsp3) is 0.143. The summed E-state index contributed by atoms with van der Waals surface area (Å²) in [5.74, 6) is 5.30. The van der Waals surface area contributed by atoms with Crippen molar-refractivity contribution in [2.75, 3.05) is 17.9 Å². The molecule has 1 aromatic heterocycles. The predicted octanol–water partition coefficient (Wildman–Crippen LogP) is 2.42. The molecule has 0 bridgehead atoms. The van der Waals surface area contributed by atoms with E-state index in [-0.39, 0.29) is 11.1 Å². The van der Waals surface area contributed by atoms with Crippen LogP contribution in [-0.4, -0.2) is 18.0 Å². The third-order valence-corrected chi connectivity index (χ3v) is 2.89. The molecule has 0 saturated heterocycles. The number of methoxy groups -OCH3 is 1. The maximum absolute atomic E-state index is 12.2. The lowest BCUT2D eigenvalue weighted by Gasteiger charge is -2.08. The molecule has 2 rings (SSSR count). The number of ether oxygens (including phenoxy) is 1. The number of halogens is 1. The quantitative estimate of drug-likeness (QED) is 0.448. The number of hydrogen-bond donors (Lipinski definition) is 3. The standard InChI is InChI=1S/C14H15ClN4O2/c1-21-8-9-3-2-4-11(5-9)17-14(20)10-6-12(15)18-13(7-10)19-16/h2-7H,8,16H2,1H3,(H,17,20)(H,18,19). The van der Waals surface area contributed by atoms with Crippen molar-refractivity contribution in [3.05, 3.63) is 52.7 Å². The first-order valence-electron chi connectivity index (χ1n) is 6.16. The van der Waals surface area contributed by atoms with E-state index in [4.69, 9.17) is 22.2 Å². The lowest BCUT2D eigenvalue weighted by atomic mass is 10.2. The normalized spacial score (nSPS) is 10.2. The third-order valence-electron chi connectivity index (χ3n) is 2.70. The highest BCUT2D eigenvalue weighted by Gasteiger charge is 2.09. The fourth-order valence-electron chi connectivity index (χ4n) is 1.81. The molecule has 6 nitrogen and oxygen atoms in total. The van der Waals surface area contributed by atoms with Gasteiger partial charge >= 0.3 is 0 Å². The van der Waals surface area contributed by atoms with Gasteiger partial charge < -0.3 is 15.5 Å². The number of hydrazine groups is 1. The van der Waals surface area contributed by atoms with Crippen LogP contribution in [0.15, 0.2) is 36.4 Å². The Hall–Kier alpha value is -2.15. The molecule has 0 spiro atoms. The van der Waals surface area contributed by atoms with E-state index in [2.05, 4.69) is 15.7 Å². The molecule has 2 aromatic rings. The number of carbonyl (C=O) groups is 1. The van der Waals surface area contributed by atoms with E-state index >= 15 is 0 Å². The molecule has 0 aliphatic carbocycles. The first-order valence-corrected chi connectivity index (χ1v) is 6.53. The highest BCUT2D eigenvalue weighted by atomic mass is 35.5. The lowest BCUT2D eigenvalue weighted by molar-refractivity contribution is 0.102. The Morgan fingerprint density at radius 1 is 1.38 bits per heavy atom. The number of rotatable bonds is 5. The summed E-state index contributed by atoms with van der Waals surface area (Å²) >= 11 is 5.84. The number of carbonyl (C=O) groups excluding carboxylic acids is 1. The van der Waals surface area contributed by atoms with Crippen molar-refractivity contribution in [3.8, 4) is 0 Å². The zero-order chi connectivity index (χ0) is 15.2. The number of pyridine rings is 1. The molecule has 4 N–H and O–H groups in total. The van der Waals surface area contributed by atoms with Crippen LogP contribution in [0.4, 0.5) is 11.5 Å². The van der Waals surface area contributed by atoms with E-state index in [9.17, 15) is 4.79 Å². The topological polar surface area (TPSA) is 89.3 Å². The first-order chi connectivity index (χ1) is 10.1. The second kappa shape index (κ2) is 7.03. The number of nitrogen functional groups attached to an aromatic ring is 1. The smallest absolute Gasteiger partial charge is 0.255 e. The lowest BCUT2D eigenvalue weighted by Crippen LogP contribution is -2.14. The second-order valence-corrected chi connectivity index (χ2v) is 4.68. The zero-order valence-electron chi connectivity index (χ0n) is 11.4. The Bertz CT molecular complexity index is 649. The number of nitrogens with one attached hydrogen (secondary N) is 2. The molecular weight excluding hydrogens is 292 g/mol. The SMILES string of the molecule is COCc1cccc(NC(=O)c2cc(Cl)nc(NN)c2)c1. The number of nitrogens with two attached hydrogens (primary N) is 1. The summed E-state index contributed by atoms with van der Waals surface area (Å²) in [6.07, 6.45) is 0. The Labute approximate surface area is 127 Å². The Balaban J connectivity index is 2.17. The van der Waals surface area contributed by atoms with Gasteiger partial charge in [-0.3, -0.25) is 4.79 Å². The summed E-state index contributed by atoms with van der Waals surface area (Å²) in [5, 5.41) is 2.97. The van der Waals surface area contributed by atoms with E-state index in [0.717, 1.165) is 5.56 Å². The summed E-state index contributed by atoms with van der Waals surface area (Å²) in [6, 6.07) is 10.4. The van der Waals surface area contributed by atoms with Gasteiger partial charge in [0.1, 0.15) is 11.0 Å². The van der Waals surface area contributed by atoms with E-state index < -0.39 is 0 Å². The molecule has 0 fully saturated rings. The molecule has 0 saturated carbocycles. The van der Waals surface area contributed by atoms with E-state index in [1.165, 1.54) is 12.1 Å². The molecule has 0 aliphatic heterocycles. The molecule has 1 heterocycles. The van der Waals surface area contributed by atoms with Gasteiger partial charge in [0.05, 0.1) is 6.61 Å². The van der Waals surface area contributed by atoms with Crippen molar-refractivity contribution in [1.82, 2.24) is 4.98 Å². The Kier molecular flexibility index (Phi) is 5.10. The average molecular weight is 307 g/mol. The minimum Gasteiger partial charge on any atom is -0.380 e. The number of nitrogens with zero attached hydrogens (tertiary/aromatic N) is 1. The molecule has 7 heteroatoms. The van der Waals surface area contributed by atoms with Crippen molar-refractivity contribution in [3.63, 3.8) is 0 Å². The highest BCUT2D eigenvalue weighted by Crippen LogP contribution is 2.17. The molecule has 1 aromatic carbocycles. The predicted molar refractivity (Wildman–Crippen MR) is 82.2 cm³/mol. The zero-order valence-corrected chi connectivity index (χ0v) is 12.1. The van der Waals surface area contributed by atoms with E-state index in [1.807, 2.05) is 18.2 Å². The molecule has 0 unspecified atom stereocenters. The van der Waals surface area contributed by atoms with Crippen LogP contribution >= 0.6 is 11.6 Å². The van der Waals surface area contributed by atoms with Crippen molar-refractivity contribution in [2.45, 2.75) is 6.61 Å². The largest absolute Gasteiger partial charge is 0.380 e.